The molecule has 12 heavy (non-hydrogen) atoms. The van der Waals surface area contributed by atoms with Crippen molar-refractivity contribution in [1.29, 1.82) is 0 Å². The predicted octanol–water partition coefficient (Wildman–Crippen LogP) is 2.72. The lowest BCUT2D eigenvalue weighted by Crippen LogP contribution is -2.26. The molecule has 0 radical (unpaired) electrons. The molecular formula is C11H21N. The fourth-order valence-corrected chi connectivity index (χ4v) is 1.91. The highest BCUT2D eigenvalue weighted by Gasteiger charge is 2.21. The smallest absolute Gasteiger partial charge is 0.00257 e. The van der Waals surface area contributed by atoms with Crippen LogP contribution in [0, 0.1) is 11.3 Å². The molecule has 0 aromatic heterocycles. The van der Waals surface area contributed by atoms with Gasteiger partial charge in [-0.1, -0.05) is 26.0 Å². The fraction of sp³-hybridized carbons (Fsp3) is 0.818. The molecule has 0 heterocycles. The lowest BCUT2D eigenvalue weighted by Gasteiger charge is -2.29. The van der Waals surface area contributed by atoms with Crippen LogP contribution in [0.2, 0.25) is 0 Å². The summed E-state index contributed by atoms with van der Waals surface area (Å²) < 4.78 is 0. The molecule has 2 N–H and O–H groups in total. The first-order valence-corrected chi connectivity index (χ1v) is 4.99. The Morgan fingerprint density at radius 3 is 2.67 bits per heavy atom. The van der Waals surface area contributed by atoms with Crippen molar-refractivity contribution in [3.05, 3.63) is 12.2 Å². The van der Waals surface area contributed by atoms with Gasteiger partial charge in [-0.05, 0) is 43.6 Å². The van der Waals surface area contributed by atoms with Crippen molar-refractivity contribution < 1.29 is 0 Å². The van der Waals surface area contributed by atoms with Crippen molar-refractivity contribution in [3.8, 4) is 0 Å². The lowest BCUT2D eigenvalue weighted by atomic mass is 9.78. The molecular weight excluding hydrogens is 146 g/mol. The minimum atomic E-state index is 0.343. The third kappa shape index (κ3) is 2.98. The van der Waals surface area contributed by atoms with Crippen LogP contribution in [-0.4, -0.2) is 6.54 Å². The van der Waals surface area contributed by atoms with E-state index in [1.54, 1.807) is 0 Å². The van der Waals surface area contributed by atoms with Crippen molar-refractivity contribution in [2.45, 2.75) is 39.5 Å². The molecule has 0 aromatic rings. The molecule has 0 amide bonds. The molecule has 0 aliphatic heterocycles. The average molecular weight is 167 g/mol. The first-order valence-electron chi connectivity index (χ1n) is 4.99. The summed E-state index contributed by atoms with van der Waals surface area (Å²) in [5.41, 5.74) is 6.05. The Bertz CT molecular complexity index is 158. The summed E-state index contributed by atoms with van der Waals surface area (Å²) in [5, 5.41) is 0. The standard InChI is InChI=1S/C11H21N/c1-11(2,9-12)8-10-6-4-3-5-7-10/h3-4,10H,5-9,12H2,1-2H3. The van der Waals surface area contributed by atoms with Gasteiger partial charge in [-0.25, -0.2) is 0 Å². The van der Waals surface area contributed by atoms with E-state index in [1.165, 1.54) is 25.7 Å². The van der Waals surface area contributed by atoms with E-state index in [4.69, 9.17) is 5.73 Å². The van der Waals surface area contributed by atoms with Gasteiger partial charge in [-0.2, -0.15) is 0 Å². The van der Waals surface area contributed by atoms with Gasteiger partial charge >= 0.3 is 0 Å². The van der Waals surface area contributed by atoms with Crippen LogP contribution in [0.25, 0.3) is 0 Å². The van der Waals surface area contributed by atoms with Crippen LogP contribution < -0.4 is 5.73 Å². The Labute approximate surface area is 76.0 Å². The van der Waals surface area contributed by atoms with Gasteiger partial charge in [0.25, 0.3) is 0 Å². The highest BCUT2D eigenvalue weighted by Crippen LogP contribution is 2.31. The molecule has 70 valence electrons. The van der Waals surface area contributed by atoms with Gasteiger partial charge in [0, 0.05) is 0 Å². The first-order chi connectivity index (χ1) is 5.64. The van der Waals surface area contributed by atoms with Crippen molar-refractivity contribution in [1.82, 2.24) is 0 Å². The maximum Gasteiger partial charge on any atom is -0.00257 e. The molecule has 1 aliphatic carbocycles. The van der Waals surface area contributed by atoms with Crippen LogP contribution in [0.15, 0.2) is 12.2 Å². The molecule has 1 aliphatic rings. The van der Waals surface area contributed by atoms with Crippen LogP contribution in [0.3, 0.4) is 0 Å². The number of allylic oxidation sites excluding steroid dienone is 2. The van der Waals surface area contributed by atoms with Crippen LogP contribution in [0.5, 0.6) is 0 Å². The Balaban J connectivity index is 2.35. The van der Waals surface area contributed by atoms with E-state index in [-0.39, 0.29) is 0 Å². The van der Waals surface area contributed by atoms with E-state index in [2.05, 4.69) is 26.0 Å². The van der Waals surface area contributed by atoms with E-state index < -0.39 is 0 Å². The van der Waals surface area contributed by atoms with Gasteiger partial charge in [-0.3, -0.25) is 0 Å². The molecule has 0 saturated carbocycles. The lowest BCUT2D eigenvalue weighted by molar-refractivity contribution is 0.263. The van der Waals surface area contributed by atoms with Crippen LogP contribution >= 0.6 is 0 Å². The summed E-state index contributed by atoms with van der Waals surface area (Å²) in [4.78, 5) is 0. The second-order valence-corrected chi connectivity index (χ2v) is 4.72. The largest absolute Gasteiger partial charge is 0.330 e. The fourth-order valence-electron chi connectivity index (χ4n) is 1.91. The highest BCUT2D eigenvalue weighted by molar-refractivity contribution is 4.91. The van der Waals surface area contributed by atoms with Crippen LogP contribution in [0.4, 0.5) is 0 Å². The van der Waals surface area contributed by atoms with Gasteiger partial charge in [-0.15, -0.1) is 0 Å². The minimum Gasteiger partial charge on any atom is -0.330 e. The zero-order chi connectivity index (χ0) is 9.03. The molecule has 1 atom stereocenters. The maximum atomic E-state index is 5.71. The zero-order valence-corrected chi connectivity index (χ0v) is 8.34. The van der Waals surface area contributed by atoms with Gasteiger partial charge in [0.15, 0.2) is 0 Å². The summed E-state index contributed by atoms with van der Waals surface area (Å²) in [5.74, 6) is 0.883. The molecule has 0 saturated heterocycles. The SMILES string of the molecule is CC(C)(CN)CC1CC=CCC1. The Hall–Kier alpha value is -0.300. The van der Waals surface area contributed by atoms with Crippen LogP contribution in [-0.2, 0) is 0 Å². The number of hydrogen-bond donors (Lipinski definition) is 1. The number of nitrogens with two attached hydrogens (primary N) is 1. The molecule has 0 spiro atoms. The number of hydrogen-bond acceptors (Lipinski definition) is 1. The average Bonchev–Trinajstić information content (AvgIpc) is 2.06. The van der Waals surface area contributed by atoms with Crippen LogP contribution in [0.1, 0.15) is 39.5 Å². The number of rotatable bonds is 3. The van der Waals surface area contributed by atoms with E-state index in [9.17, 15) is 0 Å². The van der Waals surface area contributed by atoms with Crippen molar-refractivity contribution in [2.24, 2.45) is 17.1 Å². The van der Waals surface area contributed by atoms with E-state index in [0.717, 1.165) is 12.5 Å². The summed E-state index contributed by atoms with van der Waals surface area (Å²) in [6.45, 7) is 5.35. The summed E-state index contributed by atoms with van der Waals surface area (Å²) in [6, 6.07) is 0. The summed E-state index contributed by atoms with van der Waals surface area (Å²) in [7, 11) is 0. The van der Waals surface area contributed by atoms with E-state index >= 15 is 0 Å². The van der Waals surface area contributed by atoms with Gasteiger partial charge in [0.05, 0.1) is 0 Å². The minimum absolute atomic E-state index is 0.343. The second kappa shape index (κ2) is 4.08. The van der Waals surface area contributed by atoms with Gasteiger partial charge < -0.3 is 5.73 Å². The van der Waals surface area contributed by atoms with Crippen molar-refractivity contribution in [3.63, 3.8) is 0 Å². The zero-order valence-electron chi connectivity index (χ0n) is 8.34. The Morgan fingerprint density at radius 2 is 2.17 bits per heavy atom. The second-order valence-electron chi connectivity index (χ2n) is 4.72. The van der Waals surface area contributed by atoms with E-state index in [1.807, 2.05) is 0 Å². The Morgan fingerprint density at radius 1 is 1.42 bits per heavy atom. The Kier molecular flexibility index (Phi) is 3.33. The highest BCUT2D eigenvalue weighted by atomic mass is 14.6. The van der Waals surface area contributed by atoms with Gasteiger partial charge in [0.2, 0.25) is 0 Å². The molecule has 1 rings (SSSR count). The first kappa shape index (κ1) is 9.79. The summed E-state index contributed by atoms with van der Waals surface area (Å²) in [6.07, 6.45) is 9.80. The third-order valence-corrected chi connectivity index (χ3v) is 2.77. The maximum absolute atomic E-state index is 5.71. The quantitative estimate of drug-likeness (QED) is 0.643. The van der Waals surface area contributed by atoms with Crippen molar-refractivity contribution in [2.75, 3.05) is 6.54 Å². The molecule has 1 unspecified atom stereocenters. The van der Waals surface area contributed by atoms with Crippen molar-refractivity contribution >= 4 is 0 Å². The third-order valence-electron chi connectivity index (χ3n) is 2.77. The van der Waals surface area contributed by atoms with E-state index in [0.29, 0.717) is 5.41 Å². The van der Waals surface area contributed by atoms with Gasteiger partial charge in [0.1, 0.15) is 0 Å². The normalized spacial score (nSPS) is 24.4. The predicted molar refractivity (Wildman–Crippen MR) is 53.9 cm³/mol. The summed E-state index contributed by atoms with van der Waals surface area (Å²) >= 11 is 0. The molecule has 1 nitrogen and oxygen atoms in total. The topological polar surface area (TPSA) is 26.0 Å². The molecule has 0 fully saturated rings. The molecule has 1 heteroatoms. The molecule has 0 aromatic carbocycles. The molecule has 0 bridgehead atoms. The monoisotopic (exact) mass is 167 g/mol.